The summed E-state index contributed by atoms with van der Waals surface area (Å²) in [5.41, 5.74) is 1.68. The molecule has 1 aliphatic heterocycles. The number of piperidine rings is 1. The maximum absolute atomic E-state index is 12.8. The van der Waals surface area contributed by atoms with Crippen molar-refractivity contribution in [3.8, 4) is 5.75 Å². The molecule has 0 spiro atoms. The van der Waals surface area contributed by atoms with E-state index in [-0.39, 0.29) is 23.2 Å². The van der Waals surface area contributed by atoms with Gasteiger partial charge in [-0.05, 0) is 64.2 Å². The van der Waals surface area contributed by atoms with Crippen LogP contribution < -0.4 is 15.4 Å². The maximum Gasteiger partial charge on any atom is 0.261 e. The number of methoxy groups -OCH3 is 1. The molecule has 1 amide bonds. The van der Waals surface area contributed by atoms with Crippen molar-refractivity contribution < 1.29 is 9.53 Å². The van der Waals surface area contributed by atoms with Crippen molar-refractivity contribution in [2.75, 3.05) is 37.9 Å². The van der Waals surface area contributed by atoms with Crippen LogP contribution in [0.15, 0.2) is 30.5 Å². The zero-order valence-corrected chi connectivity index (χ0v) is 17.6. The number of rotatable bonds is 6. The summed E-state index contributed by atoms with van der Waals surface area (Å²) in [5, 5.41) is 15.1. The van der Waals surface area contributed by atoms with Gasteiger partial charge >= 0.3 is 0 Å². The largest absolute Gasteiger partial charge is 0.495 e. The van der Waals surface area contributed by atoms with Gasteiger partial charge in [0.25, 0.3) is 5.91 Å². The summed E-state index contributed by atoms with van der Waals surface area (Å²) in [7, 11) is 3.61. The molecular weight excluding hydrogens is 390 g/mol. The van der Waals surface area contributed by atoms with Crippen molar-refractivity contribution in [1.82, 2.24) is 9.88 Å². The lowest BCUT2D eigenvalue weighted by molar-refractivity contribution is 0.102. The van der Waals surface area contributed by atoms with Gasteiger partial charge in [0, 0.05) is 28.7 Å². The zero-order valence-electron chi connectivity index (χ0n) is 16.9. The van der Waals surface area contributed by atoms with E-state index in [2.05, 4.69) is 27.6 Å². The second-order valence-electron chi connectivity index (χ2n) is 7.24. The Hall–Kier alpha value is -2.64. The van der Waals surface area contributed by atoms with Gasteiger partial charge in [0.05, 0.1) is 12.7 Å². The number of benzene rings is 1. The predicted octanol–water partition coefficient (Wildman–Crippen LogP) is 3.89. The fourth-order valence-electron chi connectivity index (χ4n) is 3.40. The number of pyridine rings is 1. The average molecular weight is 416 g/mol. The summed E-state index contributed by atoms with van der Waals surface area (Å²) < 4.78 is 5.55. The highest BCUT2D eigenvalue weighted by molar-refractivity contribution is 6.30. The van der Waals surface area contributed by atoms with Crippen molar-refractivity contribution in [2.45, 2.75) is 25.8 Å². The third-order valence-electron chi connectivity index (χ3n) is 5.02. The number of halogens is 1. The molecule has 1 aromatic heterocycles. The number of nitrogens with one attached hydrogen (secondary N) is 3. The van der Waals surface area contributed by atoms with Gasteiger partial charge in [-0.3, -0.25) is 4.79 Å². The molecule has 1 fully saturated rings. The van der Waals surface area contributed by atoms with Crippen LogP contribution >= 0.6 is 11.6 Å². The molecule has 1 saturated heterocycles. The lowest BCUT2D eigenvalue weighted by Gasteiger charge is -2.30. The second kappa shape index (κ2) is 9.24. The first-order valence-corrected chi connectivity index (χ1v) is 9.91. The van der Waals surface area contributed by atoms with E-state index >= 15 is 0 Å². The number of carbonyl (C=O) groups excluding carboxylic acids is 1. The smallest absolute Gasteiger partial charge is 0.261 e. The summed E-state index contributed by atoms with van der Waals surface area (Å²) in [6, 6.07) is 7.12. The quantitative estimate of drug-likeness (QED) is 0.622. The predicted molar refractivity (Wildman–Crippen MR) is 117 cm³/mol. The number of amides is 1. The van der Waals surface area contributed by atoms with Crippen LogP contribution in [0.25, 0.3) is 0 Å². The molecule has 2 aromatic rings. The minimum atomic E-state index is -0.356. The maximum atomic E-state index is 12.8. The molecule has 7 nitrogen and oxygen atoms in total. The number of aromatic nitrogens is 1. The highest BCUT2D eigenvalue weighted by atomic mass is 35.5. The molecule has 29 heavy (non-hydrogen) atoms. The first kappa shape index (κ1) is 21.1. The third kappa shape index (κ3) is 5.05. The first-order chi connectivity index (χ1) is 13.9. The van der Waals surface area contributed by atoms with Crippen LogP contribution in [-0.2, 0) is 0 Å². The number of nitrogens with zero attached hydrogens (tertiary/aromatic N) is 2. The molecule has 8 heteroatoms. The standard InChI is InChI=1S/C21H26ClN5O2/c1-13(23)18-19(29-3)17(21(28)26-15-6-4-14(22)5-7-15)12-24-20(18)25-16-8-10-27(2)11-9-16/h4-7,12,16,23H,8-11H2,1-3H3,(H,24,25)(H,26,28). The fraction of sp³-hybridized carbons (Fsp3) is 0.381. The number of ether oxygens (including phenoxy) is 1. The van der Waals surface area contributed by atoms with E-state index in [1.165, 1.54) is 13.3 Å². The van der Waals surface area contributed by atoms with Crippen LogP contribution in [-0.4, -0.2) is 54.8 Å². The number of anilines is 2. The van der Waals surface area contributed by atoms with Crippen molar-refractivity contribution in [1.29, 1.82) is 5.41 Å². The van der Waals surface area contributed by atoms with Gasteiger partial charge in [-0.15, -0.1) is 0 Å². The summed E-state index contributed by atoms with van der Waals surface area (Å²) in [6.45, 7) is 3.69. The van der Waals surface area contributed by atoms with E-state index in [1.807, 2.05) is 0 Å². The summed E-state index contributed by atoms with van der Waals surface area (Å²) in [5.74, 6) is 0.561. The molecule has 0 atom stereocenters. The Kier molecular flexibility index (Phi) is 6.71. The first-order valence-electron chi connectivity index (χ1n) is 9.53. The Morgan fingerprint density at radius 2 is 1.93 bits per heavy atom. The van der Waals surface area contributed by atoms with Crippen LogP contribution in [0.3, 0.4) is 0 Å². The molecule has 0 bridgehead atoms. The van der Waals surface area contributed by atoms with Gasteiger partial charge in [-0.25, -0.2) is 4.98 Å². The fourth-order valence-corrected chi connectivity index (χ4v) is 3.53. The summed E-state index contributed by atoms with van der Waals surface area (Å²) in [6.07, 6.45) is 3.49. The lowest BCUT2D eigenvalue weighted by Crippen LogP contribution is -2.37. The molecule has 2 heterocycles. The topological polar surface area (TPSA) is 90.3 Å². The molecule has 1 aromatic carbocycles. The minimum Gasteiger partial charge on any atom is -0.495 e. The second-order valence-corrected chi connectivity index (χ2v) is 7.67. The Balaban J connectivity index is 1.88. The van der Waals surface area contributed by atoms with E-state index in [1.54, 1.807) is 31.2 Å². The Bertz CT molecular complexity index is 893. The number of hydrogen-bond donors (Lipinski definition) is 3. The minimum absolute atomic E-state index is 0.273. The van der Waals surface area contributed by atoms with Gasteiger partial charge in [0.1, 0.15) is 17.1 Å². The SMILES string of the molecule is COc1c(C(=O)Nc2ccc(Cl)cc2)cnc(NC2CCN(C)CC2)c1C(C)=N. The molecule has 0 unspecified atom stereocenters. The van der Waals surface area contributed by atoms with Crippen LogP contribution in [0.4, 0.5) is 11.5 Å². The molecule has 0 saturated carbocycles. The van der Waals surface area contributed by atoms with Crippen LogP contribution in [0.5, 0.6) is 5.75 Å². The van der Waals surface area contributed by atoms with E-state index in [0.29, 0.717) is 27.8 Å². The van der Waals surface area contributed by atoms with Gasteiger partial charge in [0.15, 0.2) is 0 Å². The summed E-state index contributed by atoms with van der Waals surface area (Å²) >= 11 is 5.90. The zero-order chi connectivity index (χ0) is 21.0. The summed E-state index contributed by atoms with van der Waals surface area (Å²) in [4.78, 5) is 19.6. The van der Waals surface area contributed by atoms with Crippen molar-refractivity contribution in [2.24, 2.45) is 0 Å². The highest BCUT2D eigenvalue weighted by Crippen LogP contribution is 2.31. The van der Waals surface area contributed by atoms with Crippen molar-refractivity contribution in [3.63, 3.8) is 0 Å². The molecule has 1 aliphatic rings. The number of likely N-dealkylation sites (tertiary alicyclic amines) is 1. The Morgan fingerprint density at radius 1 is 1.28 bits per heavy atom. The van der Waals surface area contributed by atoms with Crippen molar-refractivity contribution in [3.05, 3.63) is 46.6 Å². The molecule has 154 valence electrons. The van der Waals surface area contributed by atoms with Crippen LogP contribution in [0, 0.1) is 5.41 Å². The molecule has 3 N–H and O–H groups in total. The average Bonchev–Trinajstić information content (AvgIpc) is 2.70. The lowest BCUT2D eigenvalue weighted by atomic mass is 10.0. The van der Waals surface area contributed by atoms with Crippen LogP contribution in [0.1, 0.15) is 35.7 Å². The number of hydrogen-bond acceptors (Lipinski definition) is 6. The van der Waals surface area contributed by atoms with E-state index in [4.69, 9.17) is 21.7 Å². The van der Waals surface area contributed by atoms with Gasteiger partial charge in [-0.1, -0.05) is 11.6 Å². The molecular formula is C21H26ClN5O2. The highest BCUT2D eigenvalue weighted by Gasteiger charge is 2.24. The van der Waals surface area contributed by atoms with Gasteiger partial charge < -0.3 is 25.7 Å². The van der Waals surface area contributed by atoms with Gasteiger partial charge in [0.2, 0.25) is 0 Å². The Labute approximate surface area is 175 Å². The van der Waals surface area contributed by atoms with Crippen molar-refractivity contribution >= 4 is 34.7 Å². The normalized spacial score (nSPS) is 15.0. The van der Waals surface area contributed by atoms with Crippen LogP contribution in [0.2, 0.25) is 5.02 Å². The number of carbonyl (C=O) groups is 1. The molecule has 0 radical (unpaired) electrons. The van der Waals surface area contributed by atoms with Gasteiger partial charge in [-0.2, -0.15) is 0 Å². The third-order valence-corrected chi connectivity index (χ3v) is 5.27. The van der Waals surface area contributed by atoms with E-state index in [9.17, 15) is 4.79 Å². The molecule has 3 rings (SSSR count). The van der Waals surface area contributed by atoms with E-state index in [0.717, 1.165) is 25.9 Å². The molecule has 0 aliphatic carbocycles. The monoisotopic (exact) mass is 415 g/mol. The Morgan fingerprint density at radius 3 is 2.52 bits per heavy atom. The van der Waals surface area contributed by atoms with E-state index < -0.39 is 0 Å².